The maximum absolute atomic E-state index is 12.8. The van der Waals surface area contributed by atoms with Crippen LogP contribution in [0.25, 0.3) is 42.7 Å². The zero-order chi connectivity index (χ0) is 19.3. The van der Waals surface area contributed by atoms with E-state index >= 15 is 0 Å². The van der Waals surface area contributed by atoms with Crippen molar-refractivity contribution < 1.29 is 13.2 Å². The van der Waals surface area contributed by atoms with Crippen LogP contribution in [0.2, 0.25) is 0 Å². The Kier molecular flexibility index (Phi) is 3.73. The molecule has 0 radical (unpaired) electrons. The number of hydrogen-bond donors (Lipinski definition) is 1. The minimum Gasteiger partial charge on any atom is -0.273 e. The van der Waals surface area contributed by atoms with Crippen LogP contribution in [0.4, 0.5) is 13.2 Å². The molecule has 7 heteroatoms. The molecule has 5 aromatic rings. The Labute approximate surface area is 161 Å². The van der Waals surface area contributed by atoms with E-state index in [1.165, 1.54) is 15.5 Å². The molecule has 1 N–H and O–H groups in total. The van der Waals surface area contributed by atoms with Gasteiger partial charge in [-0.3, -0.25) is 10.1 Å². The summed E-state index contributed by atoms with van der Waals surface area (Å²) in [5.74, 6) is 0. The summed E-state index contributed by atoms with van der Waals surface area (Å²) in [4.78, 5) is 4.18. The number of halogens is 3. The van der Waals surface area contributed by atoms with Crippen molar-refractivity contribution in [2.45, 2.75) is 6.18 Å². The molecule has 0 spiro atoms. The van der Waals surface area contributed by atoms with Crippen LogP contribution >= 0.6 is 11.3 Å². The second kappa shape index (κ2) is 6.17. The first-order valence-corrected chi connectivity index (χ1v) is 9.31. The van der Waals surface area contributed by atoms with Crippen molar-refractivity contribution in [2.75, 3.05) is 0 Å². The lowest BCUT2D eigenvalue weighted by molar-refractivity contribution is -0.141. The number of aromatic amines is 1. The van der Waals surface area contributed by atoms with Crippen molar-refractivity contribution >= 4 is 31.5 Å². The first kappa shape index (κ1) is 16.9. The summed E-state index contributed by atoms with van der Waals surface area (Å²) in [6.07, 6.45) is -2.88. The van der Waals surface area contributed by atoms with Gasteiger partial charge in [-0.05, 0) is 41.5 Å². The van der Waals surface area contributed by atoms with Gasteiger partial charge in [0.05, 0.1) is 5.69 Å². The molecule has 0 bridgehead atoms. The third-order valence-corrected chi connectivity index (χ3v) is 5.75. The number of nitrogens with one attached hydrogen (secondary N) is 1. The van der Waals surface area contributed by atoms with Crippen LogP contribution in [0.1, 0.15) is 5.69 Å². The van der Waals surface area contributed by atoms with Gasteiger partial charge in [-0.2, -0.15) is 18.3 Å². The molecule has 3 heterocycles. The molecule has 0 amide bonds. The number of rotatable bonds is 2. The maximum Gasteiger partial charge on any atom is 0.432 e. The molecule has 0 unspecified atom stereocenters. The lowest BCUT2D eigenvalue weighted by Gasteiger charge is -2.04. The van der Waals surface area contributed by atoms with Crippen molar-refractivity contribution in [3.8, 4) is 22.5 Å². The van der Waals surface area contributed by atoms with Crippen molar-refractivity contribution in [3.05, 3.63) is 72.6 Å². The van der Waals surface area contributed by atoms with Crippen LogP contribution in [0.15, 0.2) is 66.9 Å². The first-order valence-electron chi connectivity index (χ1n) is 8.50. The molecular formula is C21H12F3N3S. The van der Waals surface area contributed by atoms with Gasteiger partial charge in [0, 0.05) is 26.4 Å². The van der Waals surface area contributed by atoms with Gasteiger partial charge >= 0.3 is 6.18 Å². The van der Waals surface area contributed by atoms with Crippen LogP contribution in [-0.4, -0.2) is 15.2 Å². The van der Waals surface area contributed by atoms with Gasteiger partial charge in [0.15, 0.2) is 0 Å². The van der Waals surface area contributed by atoms with E-state index in [0.29, 0.717) is 5.69 Å². The third kappa shape index (κ3) is 2.84. The number of benzene rings is 2. The van der Waals surface area contributed by atoms with Crippen molar-refractivity contribution in [1.29, 1.82) is 0 Å². The van der Waals surface area contributed by atoms with E-state index in [9.17, 15) is 13.2 Å². The second-order valence-electron chi connectivity index (χ2n) is 6.40. The summed E-state index contributed by atoms with van der Waals surface area (Å²) in [5, 5.41) is 8.21. The number of aromatic nitrogens is 3. The van der Waals surface area contributed by atoms with Crippen LogP contribution in [0, 0.1) is 0 Å². The molecule has 3 aromatic heterocycles. The normalized spacial score (nSPS) is 12.1. The van der Waals surface area contributed by atoms with E-state index < -0.39 is 11.9 Å². The van der Waals surface area contributed by atoms with Gasteiger partial charge in [-0.15, -0.1) is 11.3 Å². The summed E-state index contributed by atoms with van der Waals surface area (Å²) in [7, 11) is 0. The van der Waals surface area contributed by atoms with Crippen molar-refractivity contribution in [3.63, 3.8) is 0 Å². The molecule has 3 nitrogen and oxygen atoms in total. The number of alkyl halides is 3. The smallest absolute Gasteiger partial charge is 0.273 e. The summed E-state index contributed by atoms with van der Waals surface area (Å²) in [6, 6.07) is 19.0. The number of nitrogens with zero attached hydrogens (tertiary/aromatic N) is 2. The Morgan fingerprint density at radius 1 is 0.786 bits per heavy atom. The average molecular weight is 395 g/mol. The van der Waals surface area contributed by atoms with Gasteiger partial charge in [0.1, 0.15) is 11.4 Å². The number of H-pyrrole nitrogens is 1. The van der Waals surface area contributed by atoms with Gasteiger partial charge in [-0.1, -0.05) is 30.3 Å². The monoisotopic (exact) mass is 395 g/mol. The van der Waals surface area contributed by atoms with Gasteiger partial charge < -0.3 is 0 Å². The van der Waals surface area contributed by atoms with Gasteiger partial charge in [0.25, 0.3) is 0 Å². The summed E-state index contributed by atoms with van der Waals surface area (Å²) < 4.78 is 40.8. The minimum atomic E-state index is -4.46. The Balaban J connectivity index is 1.57. The number of fused-ring (bicyclic) bond motifs is 3. The first-order chi connectivity index (χ1) is 13.5. The van der Waals surface area contributed by atoms with Crippen LogP contribution in [0.3, 0.4) is 0 Å². The van der Waals surface area contributed by atoms with E-state index in [4.69, 9.17) is 0 Å². The van der Waals surface area contributed by atoms with E-state index in [1.54, 1.807) is 23.6 Å². The molecule has 0 saturated carbocycles. The molecule has 0 saturated heterocycles. The van der Waals surface area contributed by atoms with Crippen molar-refractivity contribution in [1.82, 2.24) is 15.2 Å². The fraction of sp³-hybridized carbons (Fsp3) is 0.0476. The third-order valence-electron chi connectivity index (χ3n) is 4.62. The lowest BCUT2D eigenvalue weighted by Crippen LogP contribution is -2.04. The van der Waals surface area contributed by atoms with Crippen LogP contribution < -0.4 is 0 Å². The Bertz CT molecular complexity index is 1320. The lowest BCUT2D eigenvalue weighted by atomic mass is 10.0. The fourth-order valence-electron chi connectivity index (χ4n) is 3.25. The van der Waals surface area contributed by atoms with Crippen LogP contribution in [0.5, 0.6) is 0 Å². The summed E-state index contributed by atoms with van der Waals surface area (Å²) in [6.45, 7) is 0. The van der Waals surface area contributed by atoms with E-state index in [1.807, 2.05) is 29.4 Å². The standard InChI is InChI=1S/C21H12F3N3S/c22-21(23,24)20-11-17(26-27-20)16-9-13(7-8-25-16)12-5-6-15-14-3-1-2-4-18(14)28-19(15)10-12/h1-11H,(H,26,27). The highest BCUT2D eigenvalue weighted by molar-refractivity contribution is 7.25. The highest BCUT2D eigenvalue weighted by Gasteiger charge is 2.33. The topological polar surface area (TPSA) is 41.6 Å². The predicted octanol–water partition coefficient (Wildman–Crippen LogP) is 6.53. The van der Waals surface area contributed by atoms with Gasteiger partial charge in [0.2, 0.25) is 0 Å². The fourth-order valence-corrected chi connectivity index (χ4v) is 4.40. The average Bonchev–Trinajstić information content (AvgIpc) is 3.32. The zero-order valence-corrected chi connectivity index (χ0v) is 15.1. The number of thiophene rings is 1. The van der Waals surface area contributed by atoms with E-state index in [2.05, 4.69) is 34.3 Å². The van der Waals surface area contributed by atoms with E-state index in [-0.39, 0.29) is 5.69 Å². The Hall–Kier alpha value is -3.19. The Morgan fingerprint density at radius 2 is 1.57 bits per heavy atom. The number of hydrogen-bond acceptors (Lipinski definition) is 3. The highest BCUT2D eigenvalue weighted by Crippen LogP contribution is 2.36. The SMILES string of the molecule is FC(F)(F)c1cc(-c2cc(-c3ccc4c(c3)sc3ccccc34)ccn2)n[nH]1. The number of pyridine rings is 1. The summed E-state index contributed by atoms with van der Waals surface area (Å²) in [5.41, 5.74) is 1.52. The summed E-state index contributed by atoms with van der Waals surface area (Å²) >= 11 is 1.72. The van der Waals surface area contributed by atoms with Crippen molar-refractivity contribution in [2.24, 2.45) is 0 Å². The molecule has 0 aliphatic heterocycles. The molecular weight excluding hydrogens is 383 g/mol. The van der Waals surface area contributed by atoms with Gasteiger partial charge in [-0.25, -0.2) is 0 Å². The molecule has 5 rings (SSSR count). The molecule has 0 aliphatic rings. The largest absolute Gasteiger partial charge is 0.432 e. The molecule has 0 fully saturated rings. The molecule has 0 aliphatic carbocycles. The second-order valence-corrected chi connectivity index (χ2v) is 7.49. The zero-order valence-electron chi connectivity index (χ0n) is 14.3. The van der Waals surface area contributed by atoms with Crippen LogP contribution in [-0.2, 0) is 6.18 Å². The molecule has 28 heavy (non-hydrogen) atoms. The molecule has 138 valence electrons. The Morgan fingerprint density at radius 3 is 2.39 bits per heavy atom. The maximum atomic E-state index is 12.8. The minimum absolute atomic E-state index is 0.164. The van der Waals surface area contributed by atoms with E-state index in [0.717, 1.165) is 21.9 Å². The quantitative estimate of drug-likeness (QED) is 0.369. The molecule has 2 aromatic carbocycles. The molecule has 0 atom stereocenters. The predicted molar refractivity (Wildman–Crippen MR) is 105 cm³/mol. The highest BCUT2D eigenvalue weighted by atomic mass is 32.1.